The van der Waals surface area contributed by atoms with E-state index in [-0.39, 0.29) is 12.5 Å². The number of likely N-dealkylation sites (N-methyl/N-ethyl adjacent to an activating group) is 1. The molecule has 0 saturated heterocycles. The number of nitrogens with zero attached hydrogens (tertiary/aromatic N) is 2. The maximum atomic E-state index is 11.8. The second kappa shape index (κ2) is 13.0. The van der Waals surface area contributed by atoms with Crippen molar-refractivity contribution in [2.45, 2.75) is 64.3 Å². The second-order valence-electron chi connectivity index (χ2n) is 6.68. The Balaban J connectivity index is 2.35. The molecule has 0 aromatic heterocycles. The molecule has 24 heavy (non-hydrogen) atoms. The molecule has 2 N–H and O–H groups in total. The lowest BCUT2D eigenvalue weighted by Crippen LogP contribution is -2.45. The number of hydrogen-bond donors (Lipinski definition) is 2. The van der Waals surface area contributed by atoms with Crippen LogP contribution < -0.4 is 10.6 Å². The molecule has 1 fully saturated rings. The molecule has 0 aliphatic heterocycles. The summed E-state index contributed by atoms with van der Waals surface area (Å²) in [7, 11) is 3.51. The summed E-state index contributed by atoms with van der Waals surface area (Å²) in [4.78, 5) is 17.8. The quantitative estimate of drug-likeness (QED) is 0.363. The Kier molecular flexibility index (Phi) is 11.3. The molecule has 0 unspecified atom stereocenters. The number of aliphatic imine (C=N–C) groups is 1. The van der Waals surface area contributed by atoms with Crippen LogP contribution >= 0.6 is 0 Å². The van der Waals surface area contributed by atoms with Gasteiger partial charge in [0.1, 0.15) is 6.54 Å². The Morgan fingerprint density at radius 3 is 2.54 bits per heavy atom. The molecule has 1 saturated carbocycles. The van der Waals surface area contributed by atoms with E-state index in [2.05, 4.69) is 22.5 Å². The van der Waals surface area contributed by atoms with Gasteiger partial charge in [-0.05, 0) is 25.7 Å². The van der Waals surface area contributed by atoms with Crippen LogP contribution in [0.15, 0.2) is 4.99 Å². The zero-order chi connectivity index (χ0) is 17.6. The van der Waals surface area contributed by atoms with Gasteiger partial charge < -0.3 is 20.3 Å². The summed E-state index contributed by atoms with van der Waals surface area (Å²) in [5.41, 5.74) is 0. The molecule has 0 spiro atoms. The summed E-state index contributed by atoms with van der Waals surface area (Å²) in [5.74, 6) is 0.772. The first-order valence-electron chi connectivity index (χ1n) is 9.46. The molecule has 1 aliphatic rings. The largest absolute Gasteiger partial charge is 0.381 e. The van der Waals surface area contributed by atoms with Gasteiger partial charge in [-0.1, -0.05) is 32.6 Å². The highest BCUT2D eigenvalue weighted by atomic mass is 16.5. The molecule has 6 heteroatoms. The Hall–Kier alpha value is -1.30. The first kappa shape index (κ1) is 20.7. The van der Waals surface area contributed by atoms with Gasteiger partial charge in [-0.3, -0.25) is 4.79 Å². The topological polar surface area (TPSA) is 66.0 Å². The number of guanidine groups is 1. The lowest BCUT2D eigenvalue weighted by molar-refractivity contribution is -0.127. The normalized spacial score (nSPS) is 16.0. The van der Waals surface area contributed by atoms with Gasteiger partial charge >= 0.3 is 0 Å². The van der Waals surface area contributed by atoms with Crippen LogP contribution in [0.4, 0.5) is 0 Å². The van der Waals surface area contributed by atoms with Crippen LogP contribution in [0.1, 0.15) is 58.3 Å². The maximum absolute atomic E-state index is 11.8. The molecule has 6 nitrogen and oxygen atoms in total. The van der Waals surface area contributed by atoms with Crippen molar-refractivity contribution in [2.75, 3.05) is 40.4 Å². The number of carbonyl (C=O) groups is 1. The predicted molar refractivity (Wildman–Crippen MR) is 99.4 cm³/mol. The third kappa shape index (κ3) is 9.75. The lowest BCUT2D eigenvalue weighted by Gasteiger charge is -2.25. The Bertz CT molecular complexity index is 366. The van der Waals surface area contributed by atoms with E-state index in [1.807, 2.05) is 0 Å². The molecular formula is C18H36N4O2. The van der Waals surface area contributed by atoms with Crippen molar-refractivity contribution in [3.8, 4) is 0 Å². The number of nitrogens with one attached hydrogen (secondary N) is 2. The molecule has 0 bridgehead atoms. The van der Waals surface area contributed by atoms with Crippen LogP contribution in [-0.4, -0.2) is 63.2 Å². The summed E-state index contributed by atoms with van der Waals surface area (Å²) in [6, 6.07) is 0.472. The van der Waals surface area contributed by atoms with Crippen LogP contribution in [0, 0.1) is 0 Å². The van der Waals surface area contributed by atoms with Gasteiger partial charge in [0.25, 0.3) is 0 Å². The minimum atomic E-state index is 0.0163. The van der Waals surface area contributed by atoms with Crippen molar-refractivity contribution in [3.63, 3.8) is 0 Å². The van der Waals surface area contributed by atoms with Crippen molar-refractivity contribution in [2.24, 2.45) is 4.99 Å². The first-order chi connectivity index (χ1) is 11.6. The molecular weight excluding hydrogens is 304 g/mol. The van der Waals surface area contributed by atoms with E-state index in [0.29, 0.717) is 6.04 Å². The van der Waals surface area contributed by atoms with Gasteiger partial charge in [0.2, 0.25) is 5.91 Å². The van der Waals surface area contributed by atoms with E-state index in [4.69, 9.17) is 4.74 Å². The standard InChI is InChI=1S/C18H36N4O2/c1-4-5-13-24-14-9-12-19-18(20-15-17(23)22(2)3)21-16-10-7-6-8-11-16/h16H,4-15H2,1-3H3,(H2,19,20,21). The highest BCUT2D eigenvalue weighted by Crippen LogP contribution is 2.17. The fourth-order valence-electron chi connectivity index (χ4n) is 2.61. The van der Waals surface area contributed by atoms with Crippen molar-refractivity contribution in [1.29, 1.82) is 0 Å². The summed E-state index contributed by atoms with van der Waals surface area (Å²) in [6.07, 6.45) is 9.46. The highest BCUT2D eigenvalue weighted by molar-refractivity contribution is 5.84. The summed E-state index contributed by atoms with van der Waals surface area (Å²) >= 11 is 0. The van der Waals surface area contributed by atoms with E-state index < -0.39 is 0 Å². The fourth-order valence-corrected chi connectivity index (χ4v) is 2.61. The van der Waals surface area contributed by atoms with Crippen molar-refractivity contribution < 1.29 is 9.53 Å². The monoisotopic (exact) mass is 340 g/mol. The Labute approximate surface area is 147 Å². The maximum Gasteiger partial charge on any atom is 0.243 e. The molecule has 140 valence electrons. The molecule has 0 aromatic rings. The number of rotatable bonds is 10. The third-order valence-electron chi connectivity index (χ3n) is 4.22. The average molecular weight is 341 g/mol. The average Bonchev–Trinajstić information content (AvgIpc) is 2.59. The molecule has 1 rings (SSSR count). The Morgan fingerprint density at radius 2 is 1.88 bits per heavy atom. The summed E-state index contributed by atoms with van der Waals surface area (Å²) in [5, 5.41) is 6.83. The second-order valence-corrected chi connectivity index (χ2v) is 6.68. The summed E-state index contributed by atoms with van der Waals surface area (Å²) < 4.78 is 5.57. The number of carbonyl (C=O) groups excluding carboxylic acids is 1. The van der Waals surface area contributed by atoms with Gasteiger partial charge in [0, 0.05) is 39.9 Å². The van der Waals surface area contributed by atoms with Crippen LogP contribution in [0.25, 0.3) is 0 Å². The van der Waals surface area contributed by atoms with Crippen molar-refractivity contribution in [1.82, 2.24) is 15.5 Å². The van der Waals surface area contributed by atoms with E-state index in [9.17, 15) is 4.79 Å². The van der Waals surface area contributed by atoms with E-state index >= 15 is 0 Å². The first-order valence-corrected chi connectivity index (χ1v) is 9.46. The predicted octanol–water partition coefficient (Wildman–Crippen LogP) is 2.15. The molecule has 0 aromatic carbocycles. The van der Waals surface area contributed by atoms with E-state index in [1.165, 1.54) is 38.5 Å². The van der Waals surface area contributed by atoms with E-state index in [0.717, 1.165) is 38.6 Å². The number of hydrogen-bond acceptors (Lipinski definition) is 3. The third-order valence-corrected chi connectivity index (χ3v) is 4.22. The van der Waals surface area contributed by atoms with Crippen molar-refractivity contribution in [3.05, 3.63) is 0 Å². The minimum Gasteiger partial charge on any atom is -0.381 e. The number of amides is 1. The van der Waals surface area contributed by atoms with Crippen LogP contribution in [0.2, 0.25) is 0 Å². The summed E-state index contributed by atoms with van der Waals surface area (Å²) in [6.45, 7) is 4.76. The zero-order valence-electron chi connectivity index (χ0n) is 15.8. The SMILES string of the molecule is CCCCOCCCNC(=NCC(=O)N(C)C)NC1CCCCC1. The van der Waals surface area contributed by atoms with Crippen LogP contribution in [-0.2, 0) is 9.53 Å². The van der Waals surface area contributed by atoms with Crippen LogP contribution in [0.5, 0.6) is 0 Å². The van der Waals surface area contributed by atoms with Gasteiger partial charge in [-0.15, -0.1) is 0 Å². The number of unbranched alkanes of at least 4 members (excludes halogenated alkanes) is 1. The minimum absolute atomic E-state index is 0.0163. The lowest BCUT2D eigenvalue weighted by atomic mass is 9.96. The van der Waals surface area contributed by atoms with Gasteiger partial charge in [0.15, 0.2) is 5.96 Å². The molecule has 0 radical (unpaired) electrons. The molecule has 1 aliphatic carbocycles. The molecule has 0 heterocycles. The Morgan fingerprint density at radius 1 is 1.17 bits per heavy atom. The zero-order valence-corrected chi connectivity index (χ0v) is 15.8. The van der Waals surface area contributed by atoms with Gasteiger partial charge in [0.05, 0.1) is 0 Å². The number of ether oxygens (including phenoxy) is 1. The molecule has 1 amide bonds. The highest BCUT2D eigenvalue weighted by Gasteiger charge is 2.15. The van der Waals surface area contributed by atoms with Crippen LogP contribution in [0.3, 0.4) is 0 Å². The smallest absolute Gasteiger partial charge is 0.243 e. The van der Waals surface area contributed by atoms with E-state index in [1.54, 1.807) is 19.0 Å². The van der Waals surface area contributed by atoms with Gasteiger partial charge in [-0.25, -0.2) is 4.99 Å². The molecule has 0 atom stereocenters. The van der Waals surface area contributed by atoms with Gasteiger partial charge in [-0.2, -0.15) is 0 Å². The van der Waals surface area contributed by atoms with Crippen molar-refractivity contribution >= 4 is 11.9 Å². The fraction of sp³-hybridized carbons (Fsp3) is 0.889.